The summed E-state index contributed by atoms with van der Waals surface area (Å²) < 4.78 is 43.6. The molecule has 1 N–H and O–H groups in total. The van der Waals surface area contributed by atoms with Gasteiger partial charge in [-0.15, -0.1) is 0 Å². The van der Waals surface area contributed by atoms with Crippen molar-refractivity contribution in [2.24, 2.45) is 11.3 Å². The third-order valence-corrected chi connectivity index (χ3v) is 3.68. The number of rotatable bonds is 7. The quantitative estimate of drug-likeness (QED) is 0.633. The highest BCUT2D eigenvalue weighted by Crippen LogP contribution is 2.36. The van der Waals surface area contributed by atoms with Crippen LogP contribution in [0.15, 0.2) is 0 Å². The van der Waals surface area contributed by atoms with Crippen molar-refractivity contribution in [3.05, 3.63) is 0 Å². The van der Waals surface area contributed by atoms with Gasteiger partial charge in [0, 0.05) is 6.42 Å². The van der Waals surface area contributed by atoms with Crippen molar-refractivity contribution in [3.8, 4) is 0 Å². The van der Waals surface area contributed by atoms with Crippen LogP contribution in [-0.4, -0.2) is 29.0 Å². The van der Waals surface area contributed by atoms with Crippen molar-refractivity contribution >= 4 is 5.97 Å². The average Bonchev–Trinajstić information content (AvgIpc) is 2.25. The molecule has 2 unspecified atom stereocenters. The summed E-state index contributed by atoms with van der Waals surface area (Å²) in [6, 6.07) is 0. The molecule has 0 aliphatic rings. The van der Waals surface area contributed by atoms with E-state index >= 15 is 0 Å². The van der Waals surface area contributed by atoms with Crippen molar-refractivity contribution < 1.29 is 27.8 Å². The fraction of sp³-hybridized carbons (Fsp3) is 0.941. The van der Waals surface area contributed by atoms with Gasteiger partial charge < -0.3 is 9.84 Å². The summed E-state index contributed by atoms with van der Waals surface area (Å²) >= 11 is 0. The number of carbonyl (C=O) groups excluding carboxylic acids is 1. The molecule has 0 amide bonds. The van der Waals surface area contributed by atoms with E-state index in [1.165, 1.54) is 0 Å². The van der Waals surface area contributed by atoms with E-state index in [2.05, 4.69) is 0 Å². The molecule has 2 atom stereocenters. The van der Waals surface area contributed by atoms with Crippen LogP contribution in [0.3, 0.4) is 0 Å². The zero-order chi connectivity index (χ0) is 17.1. The lowest BCUT2D eigenvalue weighted by Gasteiger charge is -2.32. The van der Waals surface area contributed by atoms with Gasteiger partial charge in [-0.1, -0.05) is 35.6 Å². The minimum Gasteiger partial charge on any atom is -0.462 e. The molecule has 0 aromatic heterocycles. The summed E-state index contributed by atoms with van der Waals surface area (Å²) in [4.78, 5) is 12.0. The lowest BCUT2D eigenvalue weighted by Crippen LogP contribution is -2.46. The van der Waals surface area contributed by atoms with Crippen LogP contribution in [0, 0.1) is 11.3 Å². The summed E-state index contributed by atoms with van der Waals surface area (Å²) in [6.45, 7) is 9.54. The summed E-state index contributed by atoms with van der Waals surface area (Å²) in [5.74, 6) is -0.481. The topological polar surface area (TPSA) is 46.5 Å². The molecular weight excluding hydrogens is 309 g/mol. The van der Waals surface area contributed by atoms with Crippen molar-refractivity contribution in [1.82, 2.24) is 0 Å². The Morgan fingerprint density at radius 3 is 1.87 bits per heavy atom. The predicted octanol–water partition coefficient (Wildman–Crippen LogP) is 5.36. The van der Waals surface area contributed by atoms with E-state index in [4.69, 9.17) is 4.74 Å². The molecule has 0 aliphatic carbocycles. The number of aliphatic hydroxyl groups is 1. The Bertz CT molecular complexity index is 347. The Hall–Kier alpha value is -0.780. The molecule has 0 aromatic rings. The van der Waals surface area contributed by atoms with Gasteiger partial charge in [0.25, 0.3) is 0 Å². The van der Waals surface area contributed by atoms with Gasteiger partial charge in [-0.3, -0.25) is 4.79 Å². The molecule has 0 heterocycles. The number of ether oxygens (including phenoxy) is 1. The minimum absolute atomic E-state index is 0. The molecule has 0 saturated carbocycles. The van der Waals surface area contributed by atoms with Crippen LogP contribution in [0.1, 0.15) is 75.7 Å². The third-order valence-electron chi connectivity index (χ3n) is 3.68. The van der Waals surface area contributed by atoms with Gasteiger partial charge in [-0.2, -0.15) is 13.2 Å². The second-order valence-electron chi connectivity index (χ2n) is 6.87. The van der Waals surface area contributed by atoms with Crippen molar-refractivity contribution in [3.63, 3.8) is 0 Å². The van der Waals surface area contributed by atoms with Gasteiger partial charge in [0.1, 0.15) is 6.10 Å². The Morgan fingerprint density at radius 1 is 1.13 bits per heavy atom. The molecule has 3 nitrogen and oxygen atoms in total. The maximum atomic E-state index is 12.8. The molecule has 142 valence electrons. The Kier molecular flexibility index (Phi) is 11.2. The zero-order valence-electron chi connectivity index (χ0n) is 13.7. The fourth-order valence-electron chi connectivity index (χ4n) is 1.71. The molecule has 0 radical (unpaired) electrons. The molecule has 0 saturated heterocycles. The van der Waals surface area contributed by atoms with Gasteiger partial charge in [0.15, 0.2) is 5.60 Å². The molecule has 0 spiro atoms. The number of hydrogen-bond acceptors (Lipinski definition) is 3. The van der Waals surface area contributed by atoms with Crippen LogP contribution >= 0.6 is 0 Å². The van der Waals surface area contributed by atoms with Gasteiger partial charge in [0.2, 0.25) is 0 Å². The van der Waals surface area contributed by atoms with E-state index < -0.39 is 35.7 Å². The first-order chi connectivity index (χ1) is 9.23. The highest BCUT2D eigenvalue weighted by molar-refractivity contribution is 5.76. The van der Waals surface area contributed by atoms with E-state index in [-0.39, 0.29) is 27.2 Å². The van der Waals surface area contributed by atoms with E-state index in [1.807, 2.05) is 20.8 Å². The second kappa shape index (κ2) is 9.50. The maximum absolute atomic E-state index is 12.8. The number of esters is 1. The lowest BCUT2D eigenvalue weighted by atomic mass is 9.89. The van der Waals surface area contributed by atoms with E-state index in [1.54, 1.807) is 13.8 Å². The van der Waals surface area contributed by atoms with Crippen LogP contribution in [-0.2, 0) is 9.53 Å². The molecular formula is C17H35F3O3. The van der Waals surface area contributed by atoms with Crippen LogP contribution in [0.4, 0.5) is 13.2 Å². The number of hydrogen-bond donors (Lipinski definition) is 1. The Balaban J connectivity index is -0.00000200. The molecule has 0 aromatic carbocycles. The van der Waals surface area contributed by atoms with E-state index in [0.717, 1.165) is 0 Å². The van der Waals surface area contributed by atoms with E-state index in [0.29, 0.717) is 13.3 Å². The Labute approximate surface area is 139 Å². The summed E-state index contributed by atoms with van der Waals surface area (Å²) in [5.41, 5.74) is -3.62. The molecule has 0 aliphatic heterocycles. The smallest absolute Gasteiger partial charge is 0.417 e. The monoisotopic (exact) mass is 344 g/mol. The average molecular weight is 344 g/mol. The highest BCUT2D eigenvalue weighted by Gasteiger charge is 2.51. The standard InChI is InChI=1S/C15H27F3O3.2CH4/c1-7-13(4,5)12(19)21-11(8-10(2)3)9-14(6,20)15(16,17)18;;/h10-11,20H,7-9H2,1-6H3;2*1H4. The molecule has 0 rings (SSSR count). The molecule has 0 bridgehead atoms. The fourth-order valence-corrected chi connectivity index (χ4v) is 1.71. The Morgan fingerprint density at radius 2 is 1.57 bits per heavy atom. The van der Waals surface area contributed by atoms with Crippen LogP contribution in [0.25, 0.3) is 0 Å². The first-order valence-corrected chi connectivity index (χ1v) is 7.23. The van der Waals surface area contributed by atoms with Crippen LogP contribution in [0.2, 0.25) is 0 Å². The zero-order valence-corrected chi connectivity index (χ0v) is 13.7. The highest BCUT2D eigenvalue weighted by atomic mass is 19.4. The summed E-state index contributed by atoms with van der Waals surface area (Å²) in [6.07, 6.45) is -5.57. The second-order valence-corrected chi connectivity index (χ2v) is 6.87. The van der Waals surface area contributed by atoms with Gasteiger partial charge in [-0.05, 0) is 39.5 Å². The van der Waals surface area contributed by atoms with Gasteiger partial charge >= 0.3 is 12.1 Å². The first kappa shape index (κ1) is 27.1. The molecule has 0 fully saturated rings. The first-order valence-electron chi connectivity index (χ1n) is 7.23. The predicted molar refractivity (Wildman–Crippen MR) is 88.2 cm³/mol. The SMILES string of the molecule is C.C.CCC(C)(C)C(=O)OC(CC(C)C)CC(C)(O)C(F)(F)F. The minimum atomic E-state index is -4.76. The van der Waals surface area contributed by atoms with Crippen molar-refractivity contribution in [2.45, 2.75) is 93.5 Å². The van der Waals surface area contributed by atoms with Crippen molar-refractivity contribution in [2.75, 3.05) is 0 Å². The molecule has 6 heteroatoms. The van der Waals surface area contributed by atoms with Gasteiger partial charge in [0.05, 0.1) is 5.41 Å². The number of alkyl halides is 3. The lowest BCUT2D eigenvalue weighted by molar-refractivity contribution is -0.262. The summed E-state index contributed by atoms with van der Waals surface area (Å²) in [5, 5.41) is 9.59. The number of halogens is 3. The van der Waals surface area contributed by atoms with Crippen LogP contribution in [0.5, 0.6) is 0 Å². The van der Waals surface area contributed by atoms with E-state index in [9.17, 15) is 23.1 Å². The summed E-state index contributed by atoms with van der Waals surface area (Å²) in [7, 11) is 0. The van der Waals surface area contributed by atoms with Gasteiger partial charge in [-0.25, -0.2) is 0 Å². The maximum Gasteiger partial charge on any atom is 0.417 e. The van der Waals surface area contributed by atoms with Crippen molar-refractivity contribution in [1.29, 1.82) is 0 Å². The largest absolute Gasteiger partial charge is 0.462 e. The normalized spacial score (nSPS) is 16.0. The molecule has 23 heavy (non-hydrogen) atoms. The van der Waals surface area contributed by atoms with Crippen LogP contribution < -0.4 is 0 Å². The number of carbonyl (C=O) groups is 1. The third kappa shape index (κ3) is 8.58.